The number of nitro groups is 1. The maximum Gasteiger partial charge on any atom is 0.274 e. The minimum Gasteiger partial charge on any atom is -0.326 e. The summed E-state index contributed by atoms with van der Waals surface area (Å²) in [6.45, 7) is 1.88. The van der Waals surface area contributed by atoms with Crippen molar-refractivity contribution in [3.8, 4) is 0 Å². The number of likely N-dealkylation sites (tertiary alicyclic amines) is 1. The number of hydrogen-bond acceptors (Lipinski definition) is 4. The highest BCUT2D eigenvalue weighted by atomic mass is 35.5. The van der Waals surface area contributed by atoms with Crippen LogP contribution >= 0.6 is 12.4 Å². The van der Waals surface area contributed by atoms with Crippen molar-refractivity contribution in [2.45, 2.75) is 19.0 Å². The molecular formula is C11H15ClFN3O2. The molecule has 0 amide bonds. The fraction of sp³-hybridized carbons (Fsp3) is 0.455. The molecule has 0 radical (unpaired) electrons. The van der Waals surface area contributed by atoms with Gasteiger partial charge in [-0.1, -0.05) is 0 Å². The summed E-state index contributed by atoms with van der Waals surface area (Å²) >= 11 is 0. The number of halogens is 2. The Kier molecular flexibility index (Phi) is 5.01. The van der Waals surface area contributed by atoms with Gasteiger partial charge in [-0.3, -0.25) is 15.0 Å². The Morgan fingerprint density at radius 1 is 1.56 bits per heavy atom. The second-order valence-corrected chi connectivity index (χ2v) is 4.31. The minimum absolute atomic E-state index is 0. The molecule has 5 nitrogen and oxygen atoms in total. The largest absolute Gasteiger partial charge is 0.326 e. The van der Waals surface area contributed by atoms with Gasteiger partial charge in [0.15, 0.2) is 0 Å². The summed E-state index contributed by atoms with van der Waals surface area (Å²) in [6, 6.07) is 3.66. The summed E-state index contributed by atoms with van der Waals surface area (Å²) in [5, 5.41) is 10.8. The molecule has 18 heavy (non-hydrogen) atoms. The molecule has 1 aromatic rings. The van der Waals surface area contributed by atoms with Crippen molar-refractivity contribution in [1.82, 2.24) is 4.90 Å². The topological polar surface area (TPSA) is 72.4 Å². The Balaban J connectivity index is 0.00000162. The highest BCUT2D eigenvalue weighted by Crippen LogP contribution is 2.22. The van der Waals surface area contributed by atoms with Gasteiger partial charge in [0.05, 0.1) is 4.92 Å². The summed E-state index contributed by atoms with van der Waals surface area (Å²) in [5.41, 5.74) is 6.13. The lowest BCUT2D eigenvalue weighted by atomic mass is 10.1. The lowest BCUT2D eigenvalue weighted by Crippen LogP contribution is -2.26. The Labute approximate surface area is 110 Å². The molecule has 0 saturated carbocycles. The molecule has 1 aliphatic rings. The van der Waals surface area contributed by atoms with Crippen LogP contribution in [0.4, 0.5) is 10.1 Å². The zero-order valence-corrected chi connectivity index (χ0v) is 10.5. The van der Waals surface area contributed by atoms with Gasteiger partial charge in [0.25, 0.3) is 5.69 Å². The van der Waals surface area contributed by atoms with E-state index >= 15 is 0 Å². The van der Waals surface area contributed by atoms with Crippen molar-refractivity contribution < 1.29 is 9.31 Å². The normalized spacial score (nSPS) is 19.6. The molecule has 7 heteroatoms. The molecule has 100 valence electrons. The Hall–Kier alpha value is -1.24. The van der Waals surface area contributed by atoms with Crippen LogP contribution in [-0.2, 0) is 6.54 Å². The van der Waals surface area contributed by atoms with Crippen LogP contribution in [0.5, 0.6) is 0 Å². The molecule has 1 aliphatic heterocycles. The zero-order chi connectivity index (χ0) is 12.4. The van der Waals surface area contributed by atoms with E-state index in [2.05, 4.69) is 0 Å². The first-order valence-corrected chi connectivity index (χ1v) is 5.47. The van der Waals surface area contributed by atoms with Crippen LogP contribution in [0.1, 0.15) is 12.0 Å². The molecule has 0 aliphatic carbocycles. The van der Waals surface area contributed by atoms with Gasteiger partial charge in [0.2, 0.25) is 0 Å². The van der Waals surface area contributed by atoms with Gasteiger partial charge < -0.3 is 5.73 Å². The maximum absolute atomic E-state index is 13.1. The molecule has 1 heterocycles. The molecule has 0 bridgehead atoms. The smallest absolute Gasteiger partial charge is 0.274 e. The molecule has 1 unspecified atom stereocenters. The van der Waals surface area contributed by atoms with Crippen LogP contribution < -0.4 is 5.73 Å². The van der Waals surface area contributed by atoms with Gasteiger partial charge in [-0.25, -0.2) is 4.39 Å². The van der Waals surface area contributed by atoms with Gasteiger partial charge in [-0.15, -0.1) is 12.4 Å². The van der Waals surface area contributed by atoms with Crippen LogP contribution in [-0.4, -0.2) is 29.0 Å². The lowest BCUT2D eigenvalue weighted by molar-refractivity contribution is -0.385. The number of hydrogen-bond donors (Lipinski definition) is 1. The Morgan fingerprint density at radius 2 is 2.28 bits per heavy atom. The van der Waals surface area contributed by atoms with Gasteiger partial charge >= 0.3 is 0 Å². The average Bonchev–Trinajstić information content (AvgIpc) is 2.63. The second kappa shape index (κ2) is 6.08. The molecule has 1 aromatic carbocycles. The van der Waals surface area contributed by atoms with E-state index in [0.29, 0.717) is 18.7 Å². The summed E-state index contributed by atoms with van der Waals surface area (Å²) in [6.07, 6.45) is 0.878. The van der Waals surface area contributed by atoms with Gasteiger partial charge in [-0.2, -0.15) is 0 Å². The monoisotopic (exact) mass is 275 g/mol. The van der Waals surface area contributed by atoms with E-state index < -0.39 is 10.7 Å². The summed E-state index contributed by atoms with van der Waals surface area (Å²) in [7, 11) is 0. The molecule has 1 fully saturated rings. The highest BCUT2D eigenvalue weighted by Gasteiger charge is 2.22. The number of nitrogens with zero attached hydrogens (tertiary/aromatic N) is 2. The van der Waals surface area contributed by atoms with Crippen molar-refractivity contribution in [2.75, 3.05) is 13.1 Å². The van der Waals surface area contributed by atoms with Crippen LogP contribution in [0.2, 0.25) is 0 Å². The number of nitro benzene ring substituents is 1. The van der Waals surface area contributed by atoms with E-state index in [-0.39, 0.29) is 24.1 Å². The van der Waals surface area contributed by atoms with E-state index in [1.807, 2.05) is 4.90 Å². The van der Waals surface area contributed by atoms with Crippen LogP contribution in [0.25, 0.3) is 0 Å². The first kappa shape index (κ1) is 14.8. The Bertz CT molecular complexity index is 444. The minimum atomic E-state index is -0.481. The third kappa shape index (κ3) is 3.38. The molecular weight excluding hydrogens is 261 g/mol. The maximum atomic E-state index is 13.1. The zero-order valence-electron chi connectivity index (χ0n) is 9.71. The van der Waals surface area contributed by atoms with Crippen LogP contribution in [0, 0.1) is 15.9 Å². The second-order valence-electron chi connectivity index (χ2n) is 4.31. The predicted molar refractivity (Wildman–Crippen MR) is 68.2 cm³/mol. The standard InChI is InChI=1S/C11H14FN3O2.ClH/c12-9-1-2-11(15(16)17)8(5-9)6-14-4-3-10(13)7-14;/h1-2,5,10H,3-4,6-7,13H2;1H. The van der Waals surface area contributed by atoms with Crippen molar-refractivity contribution in [2.24, 2.45) is 5.73 Å². The van der Waals surface area contributed by atoms with E-state index in [0.717, 1.165) is 19.0 Å². The van der Waals surface area contributed by atoms with Crippen molar-refractivity contribution in [1.29, 1.82) is 0 Å². The van der Waals surface area contributed by atoms with E-state index in [1.165, 1.54) is 12.1 Å². The molecule has 0 aromatic heterocycles. The number of nitrogens with two attached hydrogens (primary N) is 1. The quantitative estimate of drug-likeness (QED) is 0.673. The first-order valence-electron chi connectivity index (χ1n) is 5.47. The third-order valence-corrected chi connectivity index (χ3v) is 2.94. The van der Waals surface area contributed by atoms with E-state index in [9.17, 15) is 14.5 Å². The summed E-state index contributed by atoms with van der Waals surface area (Å²) in [4.78, 5) is 12.3. The molecule has 2 rings (SSSR count). The average molecular weight is 276 g/mol. The molecule has 1 saturated heterocycles. The summed E-state index contributed by atoms with van der Waals surface area (Å²) < 4.78 is 13.1. The van der Waals surface area contributed by atoms with Gasteiger partial charge in [0, 0.05) is 37.3 Å². The van der Waals surface area contributed by atoms with Crippen LogP contribution in [0.15, 0.2) is 18.2 Å². The lowest BCUT2D eigenvalue weighted by Gasteiger charge is -2.15. The van der Waals surface area contributed by atoms with Crippen molar-refractivity contribution in [3.63, 3.8) is 0 Å². The van der Waals surface area contributed by atoms with Crippen molar-refractivity contribution >= 4 is 18.1 Å². The first-order chi connectivity index (χ1) is 8.06. The number of rotatable bonds is 3. The number of benzene rings is 1. The third-order valence-electron chi connectivity index (χ3n) is 2.94. The molecule has 1 atom stereocenters. The SMILES string of the molecule is Cl.NC1CCN(Cc2cc(F)ccc2[N+](=O)[O-])C1. The fourth-order valence-electron chi connectivity index (χ4n) is 2.11. The highest BCUT2D eigenvalue weighted by molar-refractivity contribution is 5.85. The summed E-state index contributed by atoms with van der Waals surface area (Å²) in [5.74, 6) is -0.450. The Morgan fingerprint density at radius 3 is 2.83 bits per heavy atom. The van der Waals surface area contributed by atoms with Gasteiger partial charge in [0.1, 0.15) is 5.82 Å². The van der Waals surface area contributed by atoms with E-state index in [4.69, 9.17) is 5.73 Å². The van der Waals surface area contributed by atoms with Crippen LogP contribution in [0.3, 0.4) is 0 Å². The molecule has 2 N–H and O–H groups in total. The predicted octanol–water partition coefficient (Wildman–Crippen LogP) is 1.69. The van der Waals surface area contributed by atoms with Gasteiger partial charge in [-0.05, 0) is 18.6 Å². The fourth-order valence-corrected chi connectivity index (χ4v) is 2.11. The van der Waals surface area contributed by atoms with E-state index in [1.54, 1.807) is 0 Å². The van der Waals surface area contributed by atoms with Crippen molar-refractivity contribution in [3.05, 3.63) is 39.7 Å². The molecule has 0 spiro atoms.